The van der Waals surface area contributed by atoms with Gasteiger partial charge in [0.2, 0.25) is 0 Å². The van der Waals surface area contributed by atoms with E-state index in [4.69, 9.17) is 0 Å². The molecule has 1 aromatic rings. The zero-order valence-corrected chi connectivity index (χ0v) is 17.8. The van der Waals surface area contributed by atoms with E-state index in [0.717, 1.165) is 56.1 Å². The highest BCUT2D eigenvalue weighted by atomic mass is 16.5. The molecule has 0 heterocycles. The highest BCUT2D eigenvalue weighted by Crippen LogP contribution is 2.38. The molecule has 160 valence electrons. The van der Waals surface area contributed by atoms with E-state index in [9.17, 15) is 15.0 Å². The van der Waals surface area contributed by atoms with E-state index in [0.29, 0.717) is 12.8 Å². The van der Waals surface area contributed by atoms with Gasteiger partial charge in [0.25, 0.3) is 0 Å². The fourth-order valence-corrected chi connectivity index (χ4v) is 3.91. The monoisotopic (exact) mass is 400 g/mol. The van der Waals surface area contributed by atoms with Gasteiger partial charge in [-0.1, -0.05) is 74.3 Å². The fourth-order valence-electron chi connectivity index (χ4n) is 3.91. The Bertz CT molecular complexity index is 675. The maximum atomic E-state index is 11.1. The lowest BCUT2D eigenvalue weighted by Crippen LogP contribution is -2.14. The van der Waals surface area contributed by atoms with Crippen LogP contribution in [0.25, 0.3) is 0 Å². The summed E-state index contributed by atoms with van der Waals surface area (Å²) < 4.78 is 4.64. The Kier molecular flexibility index (Phi) is 10.2. The van der Waals surface area contributed by atoms with Gasteiger partial charge in [-0.15, -0.1) is 0 Å². The van der Waals surface area contributed by atoms with Crippen molar-refractivity contribution < 1.29 is 19.7 Å². The molecule has 0 amide bonds. The van der Waals surface area contributed by atoms with Crippen molar-refractivity contribution in [1.29, 1.82) is 0 Å². The summed E-state index contributed by atoms with van der Waals surface area (Å²) in [6.07, 6.45) is 13.3. The minimum absolute atomic E-state index is 0.0148. The summed E-state index contributed by atoms with van der Waals surface area (Å²) >= 11 is 0. The molecule has 1 aliphatic carbocycles. The van der Waals surface area contributed by atoms with Crippen LogP contribution in [0.5, 0.6) is 0 Å². The van der Waals surface area contributed by atoms with E-state index in [-0.39, 0.29) is 11.9 Å². The standard InChI is InChI=1S/C25H36O4/c1-3-4-7-11-22(26)19-13-15-21(16-14-19)25-20(17-18-23(25)27)10-8-5-6-9-12-24(28)29-2/h5,8,13-17,22-23,25-27H,3-4,6-7,9-12,18H2,1-2H3/t22?,23-,25+/m1/s1. The summed E-state index contributed by atoms with van der Waals surface area (Å²) in [6.45, 7) is 2.16. The average Bonchev–Trinajstić information content (AvgIpc) is 3.10. The lowest BCUT2D eigenvalue weighted by molar-refractivity contribution is -0.140. The highest BCUT2D eigenvalue weighted by molar-refractivity contribution is 5.69. The molecule has 0 saturated carbocycles. The first kappa shape index (κ1) is 23.4. The Hall–Kier alpha value is -1.91. The maximum Gasteiger partial charge on any atom is 0.305 e. The van der Waals surface area contributed by atoms with Gasteiger partial charge in [-0.2, -0.15) is 0 Å². The quantitative estimate of drug-likeness (QED) is 0.281. The molecule has 0 fully saturated rings. The average molecular weight is 401 g/mol. The molecule has 29 heavy (non-hydrogen) atoms. The zero-order chi connectivity index (χ0) is 21.1. The molecular weight excluding hydrogens is 364 g/mol. The molecule has 1 unspecified atom stereocenters. The third-order valence-electron chi connectivity index (χ3n) is 5.67. The number of hydrogen-bond donors (Lipinski definition) is 2. The fraction of sp³-hybridized carbons (Fsp3) is 0.560. The second-order valence-corrected chi connectivity index (χ2v) is 7.88. The smallest absolute Gasteiger partial charge is 0.305 e. The van der Waals surface area contributed by atoms with Crippen molar-refractivity contribution in [3.8, 4) is 0 Å². The zero-order valence-electron chi connectivity index (χ0n) is 17.8. The molecule has 3 atom stereocenters. The molecule has 0 radical (unpaired) electrons. The summed E-state index contributed by atoms with van der Waals surface area (Å²) in [5, 5.41) is 20.8. The van der Waals surface area contributed by atoms with Gasteiger partial charge in [0.05, 0.1) is 19.3 Å². The van der Waals surface area contributed by atoms with Gasteiger partial charge < -0.3 is 14.9 Å². The highest BCUT2D eigenvalue weighted by Gasteiger charge is 2.28. The Morgan fingerprint density at radius 1 is 1.21 bits per heavy atom. The lowest BCUT2D eigenvalue weighted by Gasteiger charge is -2.20. The largest absolute Gasteiger partial charge is 0.469 e. The molecular formula is C25H36O4. The maximum absolute atomic E-state index is 11.1. The molecule has 0 bridgehead atoms. The Labute approximate surface area is 175 Å². The van der Waals surface area contributed by atoms with E-state index in [2.05, 4.69) is 29.9 Å². The number of unbranched alkanes of at least 4 members (excludes halogenated alkanes) is 3. The van der Waals surface area contributed by atoms with Crippen molar-refractivity contribution >= 4 is 5.97 Å². The minimum atomic E-state index is -0.410. The van der Waals surface area contributed by atoms with Crippen LogP contribution < -0.4 is 0 Å². The van der Waals surface area contributed by atoms with E-state index >= 15 is 0 Å². The van der Waals surface area contributed by atoms with E-state index in [1.54, 1.807) is 0 Å². The topological polar surface area (TPSA) is 66.8 Å². The Morgan fingerprint density at radius 2 is 1.97 bits per heavy atom. The number of carbonyl (C=O) groups excluding carboxylic acids is 1. The summed E-state index contributed by atoms with van der Waals surface area (Å²) in [5.74, 6) is -0.153. The molecule has 4 nitrogen and oxygen atoms in total. The van der Waals surface area contributed by atoms with Crippen LogP contribution in [0.3, 0.4) is 0 Å². The van der Waals surface area contributed by atoms with Gasteiger partial charge in [0, 0.05) is 12.3 Å². The number of benzene rings is 1. The first-order chi connectivity index (χ1) is 14.1. The van der Waals surface area contributed by atoms with Crippen molar-refractivity contribution in [2.24, 2.45) is 0 Å². The SMILES string of the molecule is CCCCCC(O)c1ccc([C@@H]2C(CC=CCCCC(=O)OC)=CC[C@H]2O)cc1. The summed E-state index contributed by atoms with van der Waals surface area (Å²) in [6, 6.07) is 8.09. The van der Waals surface area contributed by atoms with Crippen molar-refractivity contribution in [3.05, 3.63) is 59.2 Å². The van der Waals surface area contributed by atoms with Gasteiger partial charge in [-0.25, -0.2) is 0 Å². The number of carbonyl (C=O) groups is 1. The Morgan fingerprint density at radius 3 is 2.66 bits per heavy atom. The number of esters is 1. The normalized spacial score (nSPS) is 20.1. The lowest BCUT2D eigenvalue weighted by atomic mass is 9.88. The van der Waals surface area contributed by atoms with Crippen molar-refractivity contribution in [1.82, 2.24) is 0 Å². The predicted molar refractivity (Wildman–Crippen MR) is 117 cm³/mol. The first-order valence-electron chi connectivity index (χ1n) is 10.9. The molecule has 1 aromatic carbocycles. The van der Waals surface area contributed by atoms with Crippen molar-refractivity contribution in [3.63, 3.8) is 0 Å². The number of allylic oxidation sites excluding steroid dienone is 2. The van der Waals surface area contributed by atoms with Gasteiger partial charge in [-0.3, -0.25) is 4.79 Å². The van der Waals surface area contributed by atoms with Crippen LogP contribution in [-0.2, 0) is 9.53 Å². The second kappa shape index (κ2) is 12.6. The number of rotatable bonds is 12. The van der Waals surface area contributed by atoms with E-state index in [1.165, 1.54) is 12.7 Å². The molecule has 4 heteroatoms. The molecule has 1 aliphatic rings. The van der Waals surface area contributed by atoms with Crippen molar-refractivity contribution in [2.45, 2.75) is 82.8 Å². The third kappa shape index (κ3) is 7.45. The summed E-state index contributed by atoms with van der Waals surface area (Å²) in [7, 11) is 1.41. The molecule has 2 N–H and O–H groups in total. The number of methoxy groups -OCH3 is 1. The van der Waals surface area contributed by atoms with Crippen LogP contribution in [0, 0.1) is 0 Å². The van der Waals surface area contributed by atoms with Crippen LogP contribution >= 0.6 is 0 Å². The third-order valence-corrected chi connectivity index (χ3v) is 5.67. The second-order valence-electron chi connectivity index (χ2n) is 7.88. The van der Waals surface area contributed by atoms with Gasteiger partial charge in [0.1, 0.15) is 0 Å². The number of aliphatic hydroxyl groups is 2. The first-order valence-corrected chi connectivity index (χ1v) is 10.9. The molecule has 2 rings (SSSR count). The molecule has 0 spiro atoms. The molecule has 0 saturated heterocycles. The van der Waals surface area contributed by atoms with Gasteiger partial charge in [0.15, 0.2) is 0 Å². The van der Waals surface area contributed by atoms with Gasteiger partial charge >= 0.3 is 5.97 Å². The van der Waals surface area contributed by atoms with E-state index < -0.39 is 12.2 Å². The molecule has 0 aliphatic heterocycles. The van der Waals surface area contributed by atoms with Crippen LogP contribution in [0.1, 0.15) is 87.9 Å². The van der Waals surface area contributed by atoms with Crippen LogP contribution in [0.15, 0.2) is 48.1 Å². The van der Waals surface area contributed by atoms with Crippen LogP contribution in [-0.4, -0.2) is 29.4 Å². The summed E-state index contributed by atoms with van der Waals surface area (Å²) in [5.41, 5.74) is 3.29. The minimum Gasteiger partial charge on any atom is -0.469 e. The summed E-state index contributed by atoms with van der Waals surface area (Å²) in [4.78, 5) is 11.1. The van der Waals surface area contributed by atoms with Crippen LogP contribution in [0.2, 0.25) is 0 Å². The number of aliphatic hydroxyl groups excluding tert-OH is 2. The predicted octanol–water partition coefficient (Wildman–Crippen LogP) is 5.36. The van der Waals surface area contributed by atoms with Gasteiger partial charge in [-0.05, 0) is 43.2 Å². The number of hydrogen-bond acceptors (Lipinski definition) is 4. The number of ether oxygens (including phenoxy) is 1. The van der Waals surface area contributed by atoms with Crippen LogP contribution in [0.4, 0.5) is 0 Å². The Balaban J connectivity index is 1.89. The molecule has 0 aromatic heterocycles. The van der Waals surface area contributed by atoms with E-state index in [1.807, 2.05) is 24.3 Å². The van der Waals surface area contributed by atoms with Crippen molar-refractivity contribution in [2.75, 3.05) is 7.11 Å².